The van der Waals surface area contributed by atoms with E-state index in [-0.39, 0.29) is 19.9 Å². The second kappa shape index (κ2) is 9.08. The predicted octanol–water partition coefficient (Wildman–Crippen LogP) is 6.99. The second-order valence-electron chi connectivity index (χ2n) is 7.94. The van der Waals surface area contributed by atoms with Crippen molar-refractivity contribution in [3.8, 4) is 0 Å². The lowest BCUT2D eigenvalue weighted by Gasteiger charge is -2.40. The number of ketones is 1. The van der Waals surface area contributed by atoms with Gasteiger partial charge in [-0.3, -0.25) is 9.36 Å². The third kappa shape index (κ3) is 4.40. The fourth-order valence-electron chi connectivity index (χ4n) is 4.70. The summed E-state index contributed by atoms with van der Waals surface area (Å²) in [4.78, 5) is 13.8. The van der Waals surface area contributed by atoms with Crippen molar-refractivity contribution < 1.29 is 9.36 Å². The van der Waals surface area contributed by atoms with Crippen LogP contribution in [0.25, 0.3) is 0 Å². The average Bonchev–Trinajstić information content (AvgIpc) is 2.58. The van der Waals surface area contributed by atoms with Gasteiger partial charge in [0.05, 0.1) is 5.66 Å². The molecule has 2 rings (SSSR count). The minimum Gasteiger partial charge on any atom is -0.293 e. The van der Waals surface area contributed by atoms with Crippen molar-refractivity contribution in [3.63, 3.8) is 0 Å². The van der Waals surface area contributed by atoms with Crippen LogP contribution in [0.15, 0.2) is 12.1 Å². The van der Waals surface area contributed by atoms with Gasteiger partial charge in [-0.2, -0.15) is 0 Å². The van der Waals surface area contributed by atoms with E-state index in [0.717, 1.165) is 68.1 Å². The molecule has 1 aromatic rings. The Balaban J connectivity index is 2.42. The maximum absolute atomic E-state index is 13.8. The molecule has 0 aromatic heterocycles. The largest absolute Gasteiger partial charge is 0.293 e. The third-order valence-corrected chi connectivity index (χ3v) is 6.96. The SMILES string of the molecule is CCCCCC(P=O)C1(C(=O)c2c(C)cc(C)cc2C)CCCCC1. The Morgan fingerprint density at radius 2 is 1.68 bits per heavy atom. The van der Waals surface area contributed by atoms with E-state index in [1.54, 1.807) is 0 Å². The zero-order chi connectivity index (χ0) is 18.4. The third-order valence-electron chi connectivity index (χ3n) is 5.95. The van der Waals surface area contributed by atoms with Gasteiger partial charge >= 0.3 is 0 Å². The van der Waals surface area contributed by atoms with Gasteiger partial charge in [-0.15, -0.1) is 0 Å². The van der Waals surface area contributed by atoms with Crippen LogP contribution in [0.4, 0.5) is 0 Å². The highest BCUT2D eigenvalue weighted by Gasteiger charge is 2.47. The Morgan fingerprint density at radius 1 is 1.08 bits per heavy atom. The number of carbonyl (C=O) groups excluding carboxylic acids is 1. The van der Waals surface area contributed by atoms with Crippen molar-refractivity contribution >= 4 is 14.2 Å². The highest BCUT2D eigenvalue weighted by atomic mass is 31.1. The number of aryl methyl sites for hydroxylation is 3. The molecule has 2 nitrogen and oxygen atoms in total. The van der Waals surface area contributed by atoms with Crippen molar-refractivity contribution in [2.75, 3.05) is 0 Å². The molecule has 0 amide bonds. The highest BCUT2D eigenvalue weighted by Crippen LogP contribution is 2.48. The molecule has 138 valence electrons. The molecule has 1 atom stereocenters. The average molecular weight is 360 g/mol. The molecule has 1 fully saturated rings. The Hall–Kier alpha value is -1.01. The zero-order valence-corrected chi connectivity index (χ0v) is 17.3. The summed E-state index contributed by atoms with van der Waals surface area (Å²) < 4.78 is 12.1. The Bertz CT molecular complexity index is 591. The number of hydrogen-bond acceptors (Lipinski definition) is 2. The van der Waals surface area contributed by atoms with Crippen molar-refractivity contribution in [1.82, 2.24) is 0 Å². The molecule has 1 saturated carbocycles. The van der Waals surface area contributed by atoms with Crippen LogP contribution in [-0.4, -0.2) is 11.4 Å². The Morgan fingerprint density at radius 3 is 2.20 bits per heavy atom. The molecule has 0 N–H and O–H groups in total. The highest BCUT2D eigenvalue weighted by molar-refractivity contribution is 7.24. The van der Waals surface area contributed by atoms with Crippen LogP contribution in [0.5, 0.6) is 0 Å². The van der Waals surface area contributed by atoms with Crippen LogP contribution in [0.1, 0.15) is 91.8 Å². The number of hydrogen-bond donors (Lipinski definition) is 0. The number of benzene rings is 1. The summed E-state index contributed by atoms with van der Waals surface area (Å²) in [6.07, 6.45) is 9.41. The number of Topliss-reactive ketones (excluding diaryl/α,β-unsaturated/α-hetero) is 1. The number of rotatable bonds is 8. The van der Waals surface area contributed by atoms with Crippen LogP contribution in [0.2, 0.25) is 0 Å². The van der Waals surface area contributed by atoms with Crippen molar-refractivity contribution in [1.29, 1.82) is 0 Å². The van der Waals surface area contributed by atoms with Crippen molar-refractivity contribution in [3.05, 3.63) is 34.4 Å². The molecule has 1 aliphatic rings. The molecular formula is C22H33O2P. The van der Waals surface area contributed by atoms with Crippen molar-refractivity contribution in [2.24, 2.45) is 5.41 Å². The summed E-state index contributed by atoms with van der Waals surface area (Å²) in [6.45, 7) is 8.36. The van der Waals surface area contributed by atoms with E-state index >= 15 is 0 Å². The molecule has 25 heavy (non-hydrogen) atoms. The lowest BCUT2D eigenvalue weighted by molar-refractivity contribution is 0.0692. The van der Waals surface area contributed by atoms with Gasteiger partial charge in [0, 0.05) is 11.0 Å². The van der Waals surface area contributed by atoms with Crippen LogP contribution in [0, 0.1) is 26.2 Å². The van der Waals surface area contributed by atoms with E-state index in [4.69, 9.17) is 0 Å². The van der Waals surface area contributed by atoms with Gasteiger partial charge in [0.25, 0.3) is 0 Å². The molecule has 0 spiro atoms. The minimum absolute atomic E-state index is 0.0352. The predicted molar refractivity (Wildman–Crippen MR) is 106 cm³/mol. The fraction of sp³-hybridized carbons (Fsp3) is 0.682. The van der Waals surface area contributed by atoms with E-state index in [0.29, 0.717) is 0 Å². The van der Waals surface area contributed by atoms with Gasteiger partial charge in [-0.25, -0.2) is 0 Å². The smallest absolute Gasteiger partial charge is 0.170 e. The molecule has 0 bridgehead atoms. The summed E-state index contributed by atoms with van der Waals surface area (Å²) >= 11 is 0. The lowest BCUT2D eigenvalue weighted by Crippen LogP contribution is -2.42. The maximum Gasteiger partial charge on any atom is 0.170 e. The van der Waals surface area contributed by atoms with Gasteiger partial charge in [-0.1, -0.05) is 63.1 Å². The molecule has 1 aromatic carbocycles. The molecule has 0 saturated heterocycles. The van der Waals surface area contributed by atoms with E-state index in [2.05, 4.69) is 26.0 Å². The summed E-state index contributed by atoms with van der Waals surface area (Å²) in [5.41, 5.74) is 3.76. The normalized spacial score (nSPS) is 18.2. The minimum atomic E-state index is -0.430. The van der Waals surface area contributed by atoms with Gasteiger partial charge in [0.2, 0.25) is 0 Å². The monoisotopic (exact) mass is 360 g/mol. The van der Waals surface area contributed by atoms with Gasteiger partial charge in [0.1, 0.15) is 0 Å². The summed E-state index contributed by atoms with van der Waals surface area (Å²) in [5, 5.41) is 0. The number of unbranched alkanes of at least 4 members (excludes halogenated alkanes) is 2. The standard InChI is InChI=1S/C22H33O2P/c1-5-6-8-11-19(25-24)22(12-9-7-10-13-22)21(23)20-17(3)14-16(2)15-18(20)4/h14-15,19H,5-13H2,1-4H3. The summed E-state index contributed by atoms with van der Waals surface area (Å²) in [5.74, 6) is 0.257. The zero-order valence-electron chi connectivity index (χ0n) is 16.4. The molecule has 0 aliphatic heterocycles. The van der Waals surface area contributed by atoms with E-state index in [9.17, 15) is 9.36 Å². The first kappa shape index (κ1) is 20.3. The first-order valence-corrected chi connectivity index (χ1v) is 10.8. The molecule has 0 heterocycles. The van der Waals surface area contributed by atoms with E-state index in [1.807, 2.05) is 13.8 Å². The number of carbonyl (C=O) groups is 1. The maximum atomic E-state index is 13.8. The fourth-order valence-corrected chi connectivity index (χ4v) is 5.56. The quantitative estimate of drug-likeness (QED) is 0.284. The summed E-state index contributed by atoms with van der Waals surface area (Å²) in [6, 6.07) is 4.22. The Kier molecular flexibility index (Phi) is 7.37. The lowest BCUT2D eigenvalue weighted by atomic mass is 9.65. The molecule has 3 heteroatoms. The van der Waals surface area contributed by atoms with Crippen molar-refractivity contribution in [2.45, 2.75) is 91.1 Å². The first-order valence-electron chi connectivity index (χ1n) is 9.91. The summed E-state index contributed by atoms with van der Waals surface area (Å²) in [7, 11) is 0.156. The Labute approximate surface area is 155 Å². The van der Waals surface area contributed by atoms with E-state index < -0.39 is 5.41 Å². The van der Waals surface area contributed by atoms with E-state index in [1.165, 1.54) is 12.0 Å². The van der Waals surface area contributed by atoms with Gasteiger partial charge in [0.15, 0.2) is 14.2 Å². The topological polar surface area (TPSA) is 34.1 Å². The molecule has 1 unspecified atom stereocenters. The van der Waals surface area contributed by atoms with Crippen LogP contribution in [-0.2, 0) is 4.57 Å². The second-order valence-corrected chi connectivity index (χ2v) is 8.77. The van der Waals surface area contributed by atoms with Crippen LogP contribution >= 0.6 is 8.46 Å². The van der Waals surface area contributed by atoms with Gasteiger partial charge < -0.3 is 0 Å². The van der Waals surface area contributed by atoms with Crippen LogP contribution < -0.4 is 0 Å². The first-order chi connectivity index (χ1) is 12.0. The molecular weight excluding hydrogens is 327 g/mol. The van der Waals surface area contributed by atoms with Crippen LogP contribution in [0.3, 0.4) is 0 Å². The molecule has 0 radical (unpaired) electrons. The molecule has 1 aliphatic carbocycles. The van der Waals surface area contributed by atoms with Gasteiger partial charge in [-0.05, 0) is 51.2 Å².